The van der Waals surface area contributed by atoms with Gasteiger partial charge in [0.05, 0.1) is 18.5 Å². The Kier molecular flexibility index (Phi) is 3.94. The molecule has 2 heterocycles. The Balaban J connectivity index is 1.52. The highest BCUT2D eigenvalue weighted by molar-refractivity contribution is 6.10. The van der Waals surface area contributed by atoms with Crippen LogP contribution in [-0.2, 0) is 0 Å². The zero-order valence-corrected chi connectivity index (χ0v) is 15.4. The number of ether oxygens (including phenoxy) is 1. The predicted molar refractivity (Wildman–Crippen MR) is 107 cm³/mol. The third-order valence-electron chi connectivity index (χ3n) is 4.67. The number of amides is 1. The van der Waals surface area contributed by atoms with Gasteiger partial charge in [-0.05, 0) is 40.8 Å². The highest BCUT2D eigenvalue weighted by atomic mass is 16.5. The number of anilines is 1. The molecule has 0 atom stereocenters. The zero-order chi connectivity index (χ0) is 19.8. The van der Waals surface area contributed by atoms with E-state index in [9.17, 15) is 4.79 Å². The summed E-state index contributed by atoms with van der Waals surface area (Å²) in [6, 6.07) is 18.4. The van der Waals surface area contributed by atoms with Crippen LogP contribution in [-0.4, -0.2) is 33.2 Å². The largest absolute Gasteiger partial charge is 0.495 e. The number of carbonyl (C=O) groups is 1. The fourth-order valence-electron chi connectivity index (χ4n) is 3.28. The number of benzene rings is 3. The molecule has 29 heavy (non-hydrogen) atoms. The lowest BCUT2D eigenvalue weighted by Crippen LogP contribution is -2.13. The molecule has 0 aliphatic heterocycles. The first-order valence-electron chi connectivity index (χ1n) is 8.87. The molecule has 5 aromatic rings. The second-order valence-corrected chi connectivity index (χ2v) is 6.41. The molecule has 2 aromatic heterocycles. The number of furan rings is 1. The minimum absolute atomic E-state index is 0.284. The van der Waals surface area contributed by atoms with Gasteiger partial charge in [0, 0.05) is 22.4 Å². The Morgan fingerprint density at radius 2 is 1.93 bits per heavy atom. The minimum atomic E-state index is -0.284. The lowest BCUT2D eigenvalue weighted by Gasteiger charge is -2.11. The molecule has 1 amide bonds. The van der Waals surface area contributed by atoms with Crippen molar-refractivity contribution in [2.45, 2.75) is 0 Å². The average Bonchev–Trinajstić information content (AvgIpc) is 3.41. The number of aromatic nitrogens is 4. The minimum Gasteiger partial charge on any atom is -0.495 e. The molecule has 0 aliphatic rings. The molecule has 0 saturated carbocycles. The third kappa shape index (κ3) is 2.96. The van der Waals surface area contributed by atoms with Crippen molar-refractivity contribution in [3.63, 3.8) is 0 Å². The maximum atomic E-state index is 12.9. The van der Waals surface area contributed by atoms with Gasteiger partial charge in [-0.2, -0.15) is 0 Å². The molecule has 3 aromatic carbocycles. The van der Waals surface area contributed by atoms with Crippen LogP contribution >= 0.6 is 0 Å². The first-order valence-corrected chi connectivity index (χ1v) is 8.87. The van der Waals surface area contributed by atoms with Crippen LogP contribution in [0.15, 0.2) is 71.4 Å². The standard InChI is InChI=1S/C21H15N5O3/c1-28-20-10-16-15-7-2-3-8-18(15)29-19(16)11-17(20)23-21(27)13-5-4-6-14(9-13)26-12-22-24-25-26/h2-12H,1H3,(H,23,27). The molecule has 0 saturated heterocycles. The van der Waals surface area contributed by atoms with Gasteiger partial charge in [0.1, 0.15) is 23.2 Å². The van der Waals surface area contributed by atoms with Crippen LogP contribution in [0.4, 0.5) is 5.69 Å². The Hall–Kier alpha value is -4.20. The SMILES string of the molecule is COc1cc2c(cc1NC(=O)c1cccc(-n3cnnn3)c1)oc1ccccc12. The van der Waals surface area contributed by atoms with Crippen LogP contribution in [0.5, 0.6) is 5.75 Å². The van der Waals surface area contributed by atoms with E-state index in [0.717, 1.165) is 16.4 Å². The molecular formula is C21H15N5O3. The van der Waals surface area contributed by atoms with Crippen LogP contribution in [0.2, 0.25) is 0 Å². The number of tetrazole rings is 1. The van der Waals surface area contributed by atoms with Gasteiger partial charge < -0.3 is 14.5 Å². The summed E-state index contributed by atoms with van der Waals surface area (Å²) >= 11 is 0. The Labute approximate surface area is 164 Å². The third-order valence-corrected chi connectivity index (χ3v) is 4.67. The molecule has 0 unspecified atom stereocenters. The molecule has 5 rings (SSSR count). The van der Waals surface area contributed by atoms with E-state index in [1.165, 1.54) is 11.0 Å². The number of fused-ring (bicyclic) bond motifs is 3. The molecule has 1 N–H and O–H groups in total. The van der Waals surface area contributed by atoms with E-state index < -0.39 is 0 Å². The van der Waals surface area contributed by atoms with Crippen molar-refractivity contribution in [1.29, 1.82) is 0 Å². The highest BCUT2D eigenvalue weighted by Crippen LogP contribution is 2.36. The summed E-state index contributed by atoms with van der Waals surface area (Å²) in [5.41, 5.74) is 3.12. The molecule has 0 aliphatic carbocycles. The van der Waals surface area contributed by atoms with Gasteiger partial charge in [-0.15, -0.1) is 5.10 Å². The van der Waals surface area contributed by atoms with Crippen molar-refractivity contribution in [3.05, 3.63) is 72.6 Å². The van der Waals surface area contributed by atoms with E-state index in [4.69, 9.17) is 9.15 Å². The monoisotopic (exact) mass is 385 g/mol. The second kappa shape index (κ2) is 6.75. The molecule has 0 radical (unpaired) electrons. The van der Waals surface area contributed by atoms with E-state index in [-0.39, 0.29) is 5.91 Å². The van der Waals surface area contributed by atoms with Crippen LogP contribution < -0.4 is 10.1 Å². The van der Waals surface area contributed by atoms with Crippen molar-refractivity contribution in [2.24, 2.45) is 0 Å². The van der Waals surface area contributed by atoms with Crippen molar-refractivity contribution < 1.29 is 13.9 Å². The second-order valence-electron chi connectivity index (χ2n) is 6.41. The normalized spacial score (nSPS) is 11.1. The summed E-state index contributed by atoms with van der Waals surface area (Å²) < 4.78 is 12.9. The van der Waals surface area contributed by atoms with Gasteiger partial charge in [-0.1, -0.05) is 24.3 Å². The first kappa shape index (κ1) is 16.9. The fourth-order valence-corrected chi connectivity index (χ4v) is 3.28. The number of methoxy groups -OCH3 is 1. The van der Waals surface area contributed by atoms with Gasteiger partial charge in [0.25, 0.3) is 5.91 Å². The van der Waals surface area contributed by atoms with Gasteiger partial charge in [-0.25, -0.2) is 4.68 Å². The number of hydrogen-bond acceptors (Lipinski definition) is 6. The summed E-state index contributed by atoms with van der Waals surface area (Å²) in [5, 5.41) is 15.9. The van der Waals surface area contributed by atoms with Crippen LogP contribution in [0.1, 0.15) is 10.4 Å². The van der Waals surface area contributed by atoms with Crippen molar-refractivity contribution in [1.82, 2.24) is 20.2 Å². The van der Waals surface area contributed by atoms with Gasteiger partial charge in [0.15, 0.2) is 0 Å². The van der Waals surface area contributed by atoms with E-state index in [1.807, 2.05) is 36.4 Å². The van der Waals surface area contributed by atoms with E-state index in [2.05, 4.69) is 20.8 Å². The van der Waals surface area contributed by atoms with Crippen LogP contribution in [0, 0.1) is 0 Å². The van der Waals surface area contributed by atoms with E-state index in [1.54, 1.807) is 31.4 Å². The Morgan fingerprint density at radius 1 is 1.03 bits per heavy atom. The number of nitrogens with one attached hydrogen (secondary N) is 1. The number of nitrogens with zero attached hydrogens (tertiary/aromatic N) is 4. The highest BCUT2D eigenvalue weighted by Gasteiger charge is 2.15. The van der Waals surface area contributed by atoms with Gasteiger partial charge in [0.2, 0.25) is 0 Å². The Morgan fingerprint density at radius 3 is 2.76 bits per heavy atom. The summed E-state index contributed by atoms with van der Waals surface area (Å²) in [7, 11) is 1.57. The summed E-state index contributed by atoms with van der Waals surface area (Å²) in [6.45, 7) is 0. The van der Waals surface area contributed by atoms with E-state index >= 15 is 0 Å². The smallest absolute Gasteiger partial charge is 0.255 e. The molecule has 0 bridgehead atoms. The van der Waals surface area contributed by atoms with Crippen molar-refractivity contribution >= 4 is 33.5 Å². The van der Waals surface area contributed by atoms with Gasteiger partial charge in [-0.3, -0.25) is 4.79 Å². The average molecular weight is 385 g/mol. The maximum Gasteiger partial charge on any atom is 0.255 e. The van der Waals surface area contributed by atoms with E-state index in [0.29, 0.717) is 28.3 Å². The molecule has 0 spiro atoms. The van der Waals surface area contributed by atoms with Crippen LogP contribution in [0.25, 0.3) is 27.6 Å². The fraction of sp³-hybridized carbons (Fsp3) is 0.0476. The molecular weight excluding hydrogens is 370 g/mol. The van der Waals surface area contributed by atoms with Crippen LogP contribution in [0.3, 0.4) is 0 Å². The summed E-state index contributed by atoms with van der Waals surface area (Å²) in [6.07, 6.45) is 1.47. The number of rotatable bonds is 4. The zero-order valence-electron chi connectivity index (χ0n) is 15.4. The summed E-state index contributed by atoms with van der Waals surface area (Å²) in [4.78, 5) is 12.9. The number of para-hydroxylation sites is 1. The molecule has 8 heteroatoms. The quantitative estimate of drug-likeness (QED) is 0.505. The lowest BCUT2D eigenvalue weighted by molar-refractivity contribution is 0.102. The maximum absolute atomic E-state index is 12.9. The van der Waals surface area contributed by atoms with Crippen molar-refractivity contribution in [3.8, 4) is 11.4 Å². The van der Waals surface area contributed by atoms with Gasteiger partial charge >= 0.3 is 0 Å². The topological polar surface area (TPSA) is 95.1 Å². The Bertz CT molecular complexity index is 1340. The summed E-state index contributed by atoms with van der Waals surface area (Å²) in [5.74, 6) is 0.266. The molecule has 142 valence electrons. The first-order chi connectivity index (χ1) is 14.2. The molecule has 0 fully saturated rings. The number of hydrogen-bond donors (Lipinski definition) is 1. The lowest BCUT2D eigenvalue weighted by atomic mass is 10.1. The number of carbonyl (C=O) groups excluding carboxylic acids is 1. The van der Waals surface area contributed by atoms with Crippen molar-refractivity contribution in [2.75, 3.05) is 12.4 Å². The molecule has 8 nitrogen and oxygen atoms in total. The predicted octanol–water partition coefficient (Wildman–Crippen LogP) is 3.82.